The predicted octanol–water partition coefficient (Wildman–Crippen LogP) is 5.38. The lowest BCUT2D eigenvalue weighted by molar-refractivity contribution is 0.578. The second-order valence-corrected chi connectivity index (χ2v) is 7.28. The number of rotatable bonds is 6. The maximum absolute atomic E-state index is 4.35. The average Bonchev–Trinajstić information content (AvgIpc) is 2.76. The Morgan fingerprint density at radius 1 is 0.857 bits per heavy atom. The normalized spacial score (nSPS) is 15.1. The van der Waals surface area contributed by atoms with Gasteiger partial charge in [0, 0.05) is 36.6 Å². The fourth-order valence-electron chi connectivity index (χ4n) is 3.61. The highest BCUT2D eigenvalue weighted by atomic mass is 15.1. The number of nitrogens with zero attached hydrogens (tertiary/aromatic N) is 3. The summed E-state index contributed by atoms with van der Waals surface area (Å²) in [6.07, 6.45) is 5.52. The van der Waals surface area contributed by atoms with Gasteiger partial charge in [0.2, 0.25) is 0 Å². The van der Waals surface area contributed by atoms with Crippen molar-refractivity contribution in [2.24, 2.45) is 0 Å². The summed E-state index contributed by atoms with van der Waals surface area (Å²) < 4.78 is 0. The topological polar surface area (TPSA) is 53.1 Å². The third-order valence-corrected chi connectivity index (χ3v) is 5.19. The van der Waals surface area contributed by atoms with Crippen molar-refractivity contribution >= 4 is 23.0 Å². The maximum atomic E-state index is 4.35. The minimum atomic E-state index is 0.174. The number of hydrogen-bond acceptors (Lipinski definition) is 5. The van der Waals surface area contributed by atoms with Crippen LogP contribution in [0.3, 0.4) is 0 Å². The van der Waals surface area contributed by atoms with Crippen LogP contribution in [0.2, 0.25) is 0 Å². The van der Waals surface area contributed by atoms with Gasteiger partial charge in [-0.1, -0.05) is 30.3 Å². The van der Waals surface area contributed by atoms with Crippen LogP contribution in [0.25, 0.3) is 0 Å². The zero-order chi connectivity index (χ0) is 19.2. The van der Waals surface area contributed by atoms with Gasteiger partial charge in [-0.25, -0.2) is 9.97 Å². The first-order valence-electron chi connectivity index (χ1n) is 10.0. The first kappa shape index (κ1) is 18.3. The van der Waals surface area contributed by atoms with E-state index in [9.17, 15) is 0 Å². The van der Waals surface area contributed by atoms with Gasteiger partial charge < -0.3 is 15.5 Å². The van der Waals surface area contributed by atoms with Gasteiger partial charge in [0.05, 0.1) is 0 Å². The standard InChI is InChI=1S/C23H27N5/c1-18(19-8-4-2-5-9-19)26-22-16-23(25-17-24-22)27-20-10-12-21(13-11-20)28-14-6-3-7-15-28/h2,4-5,8-13,16-18H,3,6-7,14-15H2,1H3,(H2,24,25,26,27). The van der Waals surface area contributed by atoms with Crippen molar-refractivity contribution in [3.63, 3.8) is 0 Å². The van der Waals surface area contributed by atoms with Gasteiger partial charge >= 0.3 is 0 Å². The summed E-state index contributed by atoms with van der Waals surface area (Å²) in [6, 6.07) is 21.1. The second kappa shape index (κ2) is 8.74. The van der Waals surface area contributed by atoms with E-state index in [1.54, 1.807) is 6.33 Å². The molecule has 1 aliphatic heterocycles. The number of hydrogen-bond donors (Lipinski definition) is 2. The van der Waals surface area contributed by atoms with Crippen LogP contribution in [-0.4, -0.2) is 23.1 Å². The van der Waals surface area contributed by atoms with Gasteiger partial charge in [-0.3, -0.25) is 0 Å². The summed E-state index contributed by atoms with van der Waals surface area (Å²) >= 11 is 0. The van der Waals surface area contributed by atoms with Crippen LogP contribution in [0.5, 0.6) is 0 Å². The Kier molecular flexibility index (Phi) is 5.71. The molecule has 1 unspecified atom stereocenters. The molecule has 0 bridgehead atoms. The molecule has 1 aliphatic rings. The van der Waals surface area contributed by atoms with Gasteiger partial charge in [0.25, 0.3) is 0 Å². The molecule has 1 atom stereocenters. The molecule has 4 rings (SSSR count). The molecule has 28 heavy (non-hydrogen) atoms. The van der Waals surface area contributed by atoms with E-state index in [0.29, 0.717) is 0 Å². The maximum Gasteiger partial charge on any atom is 0.135 e. The number of nitrogens with one attached hydrogen (secondary N) is 2. The van der Waals surface area contributed by atoms with Crippen molar-refractivity contribution in [3.8, 4) is 0 Å². The molecule has 1 aromatic heterocycles. The zero-order valence-corrected chi connectivity index (χ0v) is 16.3. The summed E-state index contributed by atoms with van der Waals surface area (Å²) in [7, 11) is 0. The molecule has 0 saturated carbocycles. The Bertz CT molecular complexity index is 873. The first-order valence-corrected chi connectivity index (χ1v) is 10.0. The third-order valence-electron chi connectivity index (χ3n) is 5.19. The molecule has 144 valence electrons. The molecular weight excluding hydrogens is 346 g/mol. The number of benzene rings is 2. The lowest BCUT2D eigenvalue weighted by Gasteiger charge is -2.28. The van der Waals surface area contributed by atoms with Crippen LogP contribution in [0.4, 0.5) is 23.0 Å². The van der Waals surface area contributed by atoms with Gasteiger partial charge in [-0.15, -0.1) is 0 Å². The van der Waals surface area contributed by atoms with Crippen LogP contribution in [-0.2, 0) is 0 Å². The molecular formula is C23H27N5. The Labute approximate surface area is 166 Å². The summed E-state index contributed by atoms with van der Waals surface area (Å²) in [4.78, 5) is 11.2. The highest BCUT2D eigenvalue weighted by molar-refractivity contribution is 5.62. The third kappa shape index (κ3) is 4.60. The van der Waals surface area contributed by atoms with E-state index in [4.69, 9.17) is 0 Å². The quantitative estimate of drug-likeness (QED) is 0.607. The van der Waals surface area contributed by atoms with Crippen molar-refractivity contribution in [2.75, 3.05) is 28.6 Å². The molecule has 0 spiro atoms. The first-order chi connectivity index (χ1) is 13.8. The monoisotopic (exact) mass is 373 g/mol. The van der Waals surface area contributed by atoms with Crippen LogP contribution >= 0.6 is 0 Å². The SMILES string of the molecule is CC(Nc1cc(Nc2ccc(N3CCCCC3)cc2)ncn1)c1ccccc1. The molecule has 5 nitrogen and oxygen atoms in total. The van der Waals surface area contributed by atoms with E-state index in [1.165, 1.54) is 30.5 Å². The van der Waals surface area contributed by atoms with E-state index in [-0.39, 0.29) is 6.04 Å². The van der Waals surface area contributed by atoms with Gasteiger partial charge in [0.15, 0.2) is 0 Å². The molecule has 0 amide bonds. The van der Waals surface area contributed by atoms with E-state index in [0.717, 1.165) is 30.4 Å². The van der Waals surface area contributed by atoms with Gasteiger partial charge in [0.1, 0.15) is 18.0 Å². The minimum Gasteiger partial charge on any atom is -0.372 e. The number of aromatic nitrogens is 2. The Hall–Kier alpha value is -3.08. The summed E-state index contributed by atoms with van der Waals surface area (Å²) in [5.74, 6) is 1.59. The molecule has 5 heteroatoms. The smallest absolute Gasteiger partial charge is 0.135 e. The van der Waals surface area contributed by atoms with Crippen LogP contribution in [0, 0.1) is 0 Å². The Morgan fingerprint density at radius 3 is 2.32 bits per heavy atom. The summed E-state index contributed by atoms with van der Waals surface area (Å²) in [5.41, 5.74) is 3.55. The number of anilines is 4. The highest BCUT2D eigenvalue weighted by Gasteiger charge is 2.11. The molecule has 3 aromatic rings. The number of piperidine rings is 1. The zero-order valence-electron chi connectivity index (χ0n) is 16.3. The molecule has 2 N–H and O–H groups in total. The predicted molar refractivity (Wildman–Crippen MR) is 116 cm³/mol. The molecule has 2 aromatic carbocycles. The fourth-order valence-corrected chi connectivity index (χ4v) is 3.61. The van der Waals surface area contributed by atoms with Crippen molar-refractivity contribution < 1.29 is 0 Å². The van der Waals surface area contributed by atoms with Gasteiger partial charge in [-0.2, -0.15) is 0 Å². The second-order valence-electron chi connectivity index (χ2n) is 7.28. The van der Waals surface area contributed by atoms with Crippen molar-refractivity contribution in [1.82, 2.24) is 9.97 Å². The molecule has 0 aliphatic carbocycles. The molecule has 2 heterocycles. The lowest BCUT2D eigenvalue weighted by atomic mass is 10.1. The van der Waals surface area contributed by atoms with Crippen molar-refractivity contribution in [3.05, 3.63) is 72.6 Å². The van der Waals surface area contributed by atoms with E-state index >= 15 is 0 Å². The Morgan fingerprint density at radius 2 is 1.57 bits per heavy atom. The van der Waals surface area contributed by atoms with E-state index < -0.39 is 0 Å². The highest BCUT2D eigenvalue weighted by Crippen LogP contribution is 2.24. The van der Waals surface area contributed by atoms with Crippen molar-refractivity contribution in [2.45, 2.75) is 32.2 Å². The van der Waals surface area contributed by atoms with Gasteiger partial charge in [-0.05, 0) is 56.0 Å². The van der Waals surface area contributed by atoms with Crippen LogP contribution < -0.4 is 15.5 Å². The lowest BCUT2D eigenvalue weighted by Crippen LogP contribution is -2.29. The van der Waals surface area contributed by atoms with Crippen LogP contribution in [0.1, 0.15) is 37.8 Å². The minimum absolute atomic E-state index is 0.174. The molecule has 1 saturated heterocycles. The largest absolute Gasteiger partial charge is 0.372 e. The summed E-state index contributed by atoms with van der Waals surface area (Å²) in [6.45, 7) is 4.45. The van der Waals surface area contributed by atoms with Crippen LogP contribution in [0.15, 0.2) is 67.0 Å². The fraction of sp³-hybridized carbons (Fsp3) is 0.304. The average molecular weight is 374 g/mol. The molecule has 1 fully saturated rings. The van der Waals surface area contributed by atoms with E-state index in [2.05, 4.69) is 68.8 Å². The molecule has 0 radical (unpaired) electrons. The van der Waals surface area contributed by atoms with Crippen molar-refractivity contribution in [1.29, 1.82) is 0 Å². The summed E-state index contributed by atoms with van der Waals surface area (Å²) in [5, 5.41) is 6.82. The Balaban J connectivity index is 1.40. The van der Waals surface area contributed by atoms with E-state index in [1.807, 2.05) is 24.3 Å².